The van der Waals surface area contributed by atoms with Crippen LogP contribution in [0.25, 0.3) is 0 Å². The maximum absolute atomic E-state index is 12.6. The Hall–Kier alpha value is -0.660. The number of hydrogen-bond acceptors (Lipinski definition) is 4. The van der Waals surface area contributed by atoms with Gasteiger partial charge in [-0.25, -0.2) is 12.7 Å². The van der Waals surface area contributed by atoms with Crippen LogP contribution in [0, 0.1) is 5.92 Å². The molecule has 2 aliphatic heterocycles. The van der Waals surface area contributed by atoms with Crippen LogP contribution in [0.4, 0.5) is 0 Å². The fourth-order valence-corrected chi connectivity index (χ4v) is 3.79. The summed E-state index contributed by atoms with van der Waals surface area (Å²) >= 11 is 0. The molecule has 1 amide bonds. The third-order valence-electron chi connectivity index (χ3n) is 4.44. The molecule has 0 aromatic heterocycles. The van der Waals surface area contributed by atoms with Crippen molar-refractivity contribution in [3.63, 3.8) is 0 Å². The average Bonchev–Trinajstić information content (AvgIpc) is 2.40. The Labute approximate surface area is 121 Å². The molecule has 0 radical (unpaired) electrons. The van der Waals surface area contributed by atoms with Crippen molar-refractivity contribution < 1.29 is 17.9 Å². The van der Waals surface area contributed by atoms with Gasteiger partial charge in [0.05, 0.1) is 25.0 Å². The Morgan fingerprint density at radius 1 is 1.15 bits per heavy atom. The van der Waals surface area contributed by atoms with Crippen LogP contribution < -0.4 is 0 Å². The summed E-state index contributed by atoms with van der Waals surface area (Å²) in [6.45, 7) is 6.10. The van der Waals surface area contributed by atoms with Crippen LogP contribution in [0.2, 0.25) is 0 Å². The average molecular weight is 304 g/mol. The summed E-state index contributed by atoms with van der Waals surface area (Å²) in [4.78, 5) is 14.5. The number of sulfonamides is 1. The largest absolute Gasteiger partial charge is 0.375 e. The summed E-state index contributed by atoms with van der Waals surface area (Å²) in [5.41, 5.74) is 0. The summed E-state index contributed by atoms with van der Waals surface area (Å²) in [5.74, 6) is 0.0987. The number of carbonyl (C=O) groups excluding carboxylic acids is 1. The van der Waals surface area contributed by atoms with E-state index in [1.807, 2.05) is 18.7 Å². The molecule has 0 N–H and O–H groups in total. The van der Waals surface area contributed by atoms with Crippen molar-refractivity contribution >= 4 is 15.9 Å². The van der Waals surface area contributed by atoms with Gasteiger partial charge in [0.1, 0.15) is 0 Å². The maximum Gasteiger partial charge on any atom is 0.226 e. The molecule has 2 heterocycles. The maximum atomic E-state index is 12.6. The molecule has 0 bridgehead atoms. The highest BCUT2D eigenvalue weighted by molar-refractivity contribution is 7.88. The predicted octanol–water partition coefficient (Wildman–Crippen LogP) is 0.294. The summed E-state index contributed by atoms with van der Waals surface area (Å²) < 4.78 is 29.9. The van der Waals surface area contributed by atoms with E-state index < -0.39 is 10.0 Å². The highest BCUT2D eigenvalue weighted by atomic mass is 32.2. The lowest BCUT2D eigenvalue weighted by Gasteiger charge is -2.41. The van der Waals surface area contributed by atoms with E-state index >= 15 is 0 Å². The van der Waals surface area contributed by atoms with Crippen LogP contribution in [0.3, 0.4) is 0 Å². The van der Waals surface area contributed by atoms with E-state index in [0.29, 0.717) is 39.1 Å². The number of rotatable bonds is 2. The molecule has 0 saturated carbocycles. The van der Waals surface area contributed by atoms with Gasteiger partial charge in [-0.3, -0.25) is 4.79 Å². The third kappa shape index (κ3) is 3.32. The monoisotopic (exact) mass is 304 g/mol. The molecule has 0 aromatic rings. The first-order chi connectivity index (χ1) is 9.30. The second-order valence-electron chi connectivity index (χ2n) is 5.78. The first-order valence-electron chi connectivity index (χ1n) is 7.18. The molecule has 6 nitrogen and oxygen atoms in total. The quantitative estimate of drug-likeness (QED) is 0.735. The highest BCUT2D eigenvalue weighted by Crippen LogP contribution is 2.24. The zero-order chi connectivity index (χ0) is 14.9. The zero-order valence-electron chi connectivity index (χ0n) is 12.4. The van der Waals surface area contributed by atoms with E-state index in [4.69, 9.17) is 4.74 Å². The Morgan fingerprint density at radius 3 is 2.30 bits per heavy atom. The summed E-state index contributed by atoms with van der Waals surface area (Å²) in [6, 6.07) is 0.0872. The van der Waals surface area contributed by atoms with E-state index in [-0.39, 0.29) is 24.0 Å². The van der Waals surface area contributed by atoms with Crippen molar-refractivity contribution in [3.8, 4) is 0 Å². The van der Waals surface area contributed by atoms with Gasteiger partial charge in [0, 0.05) is 25.6 Å². The van der Waals surface area contributed by atoms with Gasteiger partial charge < -0.3 is 9.64 Å². The number of morpholine rings is 1. The number of piperidine rings is 1. The van der Waals surface area contributed by atoms with Gasteiger partial charge in [0.15, 0.2) is 0 Å². The fourth-order valence-electron chi connectivity index (χ4n) is 2.91. The normalized spacial score (nSPS) is 30.4. The number of hydrogen-bond donors (Lipinski definition) is 0. The molecule has 2 saturated heterocycles. The molecule has 2 unspecified atom stereocenters. The molecule has 116 valence electrons. The minimum Gasteiger partial charge on any atom is -0.375 e. The van der Waals surface area contributed by atoms with Crippen molar-refractivity contribution in [2.75, 3.05) is 32.5 Å². The van der Waals surface area contributed by atoms with Crippen molar-refractivity contribution in [2.24, 2.45) is 5.92 Å². The lowest BCUT2D eigenvalue weighted by atomic mass is 9.95. The highest BCUT2D eigenvalue weighted by Gasteiger charge is 2.35. The van der Waals surface area contributed by atoms with E-state index in [1.54, 1.807) is 0 Å². The Bertz CT molecular complexity index is 457. The molecule has 20 heavy (non-hydrogen) atoms. The standard InChI is InChI=1S/C13H24N2O4S/c1-10-11(2)19-9-8-15(10)13(16)12-4-6-14(7-5-12)20(3,17)18/h10-12H,4-9H2,1-3H3. The van der Waals surface area contributed by atoms with Crippen LogP contribution in [0.5, 0.6) is 0 Å². The zero-order valence-corrected chi connectivity index (χ0v) is 13.2. The van der Waals surface area contributed by atoms with Gasteiger partial charge in [0.2, 0.25) is 15.9 Å². The Morgan fingerprint density at radius 2 is 1.75 bits per heavy atom. The van der Waals surface area contributed by atoms with Crippen LogP contribution in [-0.2, 0) is 19.6 Å². The lowest BCUT2D eigenvalue weighted by Crippen LogP contribution is -2.54. The topological polar surface area (TPSA) is 66.9 Å². The summed E-state index contributed by atoms with van der Waals surface area (Å²) in [6.07, 6.45) is 2.51. The third-order valence-corrected chi connectivity index (χ3v) is 5.74. The molecule has 0 spiro atoms. The van der Waals surface area contributed by atoms with Crippen molar-refractivity contribution in [2.45, 2.75) is 38.8 Å². The molecule has 2 aliphatic rings. The van der Waals surface area contributed by atoms with Crippen LogP contribution >= 0.6 is 0 Å². The van der Waals surface area contributed by atoms with E-state index in [2.05, 4.69) is 0 Å². The van der Waals surface area contributed by atoms with Gasteiger partial charge in [-0.15, -0.1) is 0 Å². The number of amides is 1. The van der Waals surface area contributed by atoms with Crippen LogP contribution in [0.15, 0.2) is 0 Å². The lowest BCUT2D eigenvalue weighted by molar-refractivity contribution is -0.149. The first-order valence-corrected chi connectivity index (χ1v) is 9.02. The molecule has 2 fully saturated rings. The molecular weight excluding hydrogens is 280 g/mol. The second kappa shape index (κ2) is 5.99. The van der Waals surface area contributed by atoms with E-state index in [0.717, 1.165) is 0 Å². The summed E-state index contributed by atoms with van der Waals surface area (Å²) in [7, 11) is -3.13. The van der Waals surface area contributed by atoms with E-state index in [9.17, 15) is 13.2 Å². The van der Waals surface area contributed by atoms with Crippen molar-refractivity contribution in [1.29, 1.82) is 0 Å². The van der Waals surface area contributed by atoms with Crippen LogP contribution in [0.1, 0.15) is 26.7 Å². The van der Waals surface area contributed by atoms with Gasteiger partial charge in [-0.05, 0) is 26.7 Å². The minimum atomic E-state index is -3.13. The molecule has 2 atom stereocenters. The van der Waals surface area contributed by atoms with Gasteiger partial charge in [0.25, 0.3) is 0 Å². The Balaban J connectivity index is 1.95. The minimum absolute atomic E-state index is 0.0549. The molecule has 2 rings (SSSR count). The molecular formula is C13H24N2O4S. The van der Waals surface area contributed by atoms with Gasteiger partial charge in [-0.1, -0.05) is 0 Å². The van der Waals surface area contributed by atoms with Crippen LogP contribution in [-0.4, -0.2) is 68.2 Å². The molecule has 0 aromatic carbocycles. The fraction of sp³-hybridized carbons (Fsp3) is 0.923. The van der Waals surface area contributed by atoms with Crippen molar-refractivity contribution in [3.05, 3.63) is 0 Å². The number of carbonyl (C=O) groups is 1. The van der Waals surface area contributed by atoms with Gasteiger partial charge >= 0.3 is 0 Å². The first kappa shape index (κ1) is 15.7. The van der Waals surface area contributed by atoms with E-state index in [1.165, 1.54) is 10.6 Å². The Kier molecular flexibility index (Phi) is 4.71. The smallest absolute Gasteiger partial charge is 0.226 e. The second-order valence-corrected chi connectivity index (χ2v) is 7.77. The number of ether oxygens (including phenoxy) is 1. The SMILES string of the molecule is CC1OCCN(C(=O)C2CCN(S(C)(=O)=O)CC2)C1C. The molecule has 7 heteroatoms. The number of nitrogens with zero attached hydrogens (tertiary/aromatic N) is 2. The summed E-state index contributed by atoms with van der Waals surface area (Å²) in [5, 5.41) is 0. The van der Waals surface area contributed by atoms with Gasteiger partial charge in [-0.2, -0.15) is 0 Å². The molecule has 0 aliphatic carbocycles. The predicted molar refractivity (Wildman–Crippen MR) is 75.7 cm³/mol. The van der Waals surface area contributed by atoms with Crippen molar-refractivity contribution in [1.82, 2.24) is 9.21 Å².